The largest absolute Gasteiger partial charge is 0.542 e. The zero-order valence-electron chi connectivity index (χ0n) is 18.7. The van der Waals surface area contributed by atoms with Crippen LogP contribution in [-0.4, -0.2) is 50.4 Å². The van der Waals surface area contributed by atoms with E-state index in [2.05, 4.69) is 49.1 Å². The van der Waals surface area contributed by atoms with Gasteiger partial charge in [0.05, 0.1) is 16.9 Å². The van der Waals surface area contributed by atoms with Crippen molar-refractivity contribution in [3.8, 4) is 5.75 Å². The van der Waals surface area contributed by atoms with Gasteiger partial charge in [0, 0.05) is 31.2 Å². The highest BCUT2D eigenvalue weighted by atomic mass is 35.5. The summed E-state index contributed by atoms with van der Waals surface area (Å²) in [6, 6.07) is 8.96. The van der Waals surface area contributed by atoms with E-state index in [9.17, 15) is 4.79 Å². The molecule has 1 aliphatic heterocycles. The normalized spacial score (nSPS) is 15.1. The van der Waals surface area contributed by atoms with Gasteiger partial charge in [-0.15, -0.1) is 0 Å². The van der Waals surface area contributed by atoms with E-state index in [4.69, 9.17) is 27.6 Å². The molecular formula is C22H30Cl2N4O2Si. The van der Waals surface area contributed by atoms with E-state index in [0.717, 1.165) is 11.4 Å². The molecule has 1 aliphatic rings. The minimum atomic E-state index is -1.92. The number of halogens is 2. The second-order valence-electron chi connectivity index (χ2n) is 9.24. The van der Waals surface area contributed by atoms with E-state index in [1.54, 1.807) is 23.2 Å². The SMILES string of the molecule is CC(C)(C)[Si](C)(C)Oc1ccc(NC(=O)N2CCN(c3ccc(Cl)cc3Cl)CC2)nc1. The fraction of sp³-hybridized carbons (Fsp3) is 0.455. The summed E-state index contributed by atoms with van der Waals surface area (Å²) in [6.45, 7) is 13.6. The number of hydrogen-bond donors (Lipinski definition) is 1. The van der Waals surface area contributed by atoms with Gasteiger partial charge in [0.15, 0.2) is 0 Å². The number of rotatable bonds is 4. The molecule has 31 heavy (non-hydrogen) atoms. The zero-order chi connectivity index (χ0) is 22.8. The van der Waals surface area contributed by atoms with Crippen molar-refractivity contribution in [2.75, 3.05) is 36.4 Å². The Morgan fingerprint density at radius 1 is 1.10 bits per heavy atom. The third-order valence-electron chi connectivity index (χ3n) is 5.97. The quantitative estimate of drug-likeness (QED) is 0.534. The van der Waals surface area contributed by atoms with Gasteiger partial charge in [0.25, 0.3) is 8.32 Å². The molecule has 0 bridgehead atoms. The molecule has 0 unspecified atom stereocenters. The van der Waals surface area contributed by atoms with Crippen LogP contribution in [0, 0.1) is 0 Å². The number of nitrogens with zero attached hydrogens (tertiary/aromatic N) is 3. The maximum Gasteiger partial charge on any atom is 0.323 e. The molecule has 1 N–H and O–H groups in total. The molecule has 2 amide bonds. The fourth-order valence-electron chi connectivity index (χ4n) is 3.04. The predicted octanol–water partition coefficient (Wildman–Crippen LogP) is 6.13. The number of urea groups is 1. The average molecular weight is 482 g/mol. The molecule has 9 heteroatoms. The fourth-order valence-corrected chi connectivity index (χ4v) is 4.58. The summed E-state index contributed by atoms with van der Waals surface area (Å²) in [7, 11) is -1.92. The van der Waals surface area contributed by atoms with Crippen LogP contribution >= 0.6 is 23.2 Å². The van der Waals surface area contributed by atoms with E-state index in [1.165, 1.54) is 0 Å². The van der Waals surface area contributed by atoms with Crippen molar-refractivity contribution >= 4 is 49.1 Å². The molecule has 1 aromatic heterocycles. The number of piperazine rings is 1. The molecule has 2 aromatic rings. The Morgan fingerprint density at radius 2 is 1.77 bits per heavy atom. The van der Waals surface area contributed by atoms with E-state index in [1.807, 2.05) is 18.2 Å². The Labute approximate surface area is 195 Å². The van der Waals surface area contributed by atoms with Crippen molar-refractivity contribution in [3.05, 3.63) is 46.6 Å². The van der Waals surface area contributed by atoms with Gasteiger partial charge in [-0.3, -0.25) is 5.32 Å². The van der Waals surface area contributed by atoms with Crippen molar-refractivity contribution in [2.45, 2.75) is 38.9 Å². The standard InChI is InChI=1S/C22H30Cl2N4O2Si/c1-22(2,3)31(4,5)30-17-7-9-20(25-15-17)26-21(29)28-12-10-27(11-13-28)19-8-6-16(23)14-18(19)24/h6-9,14-15H,10-13H2,1-5H3,(H,25,26,29). The summed E-state index contributed by atoms with van der Waals surface area (Å²) >= 11 is 12.3. The summed E-state index contributed by atoms with van der Waals surface area (Å²) in [6.07, 6.45) is 1.68. The topological polar surface area (TPSA) is 57.7 Å². The summed E-state index contributed by atoms with van der Waals surface area (Å²) in [4.78, 5) is 21.0. The first-order chi connectivity index (χ1) is 14.5. The predicted molar refractivity (Wildman–Crippen MR) is 131 cm³/mol. The molecule has 0 aliphatic carbocycles. The monoisotopic (exact) mass is 480 g/mol. The maximum atomic E-state index is 12.7. The van der Waals surface area contributed by atoms with Gasteiger partial charge in [0.2, 0.25) is 0 Å². The van der Waals surface area contributed by atoms with Crippen LogP contribution in [0.2, 0.25) is 28.2 Å². The summed E-state index contributed by atoms with van der Waals surface area (Å²) in [5.41, 5.74) is 0.935. The van der Waals surface area contributed by atoms with Crippen molar-refractivity contribution in [3.63, 3.8) is 0 Å². The van der Waals surface area contributed by atoms with Gasteiger partial charge < -0.3 is 14.2 Å². The number of benzene rings is 1. The molecule has 0 saturated carbocycles. The Kier molecular flexibility index (Phi) is 7.08. The van der Waals surface area contributed by atoms with Gasteiger partial charge >= 0.3 is 6.03 Å². The lowest BCUT2D eigenvalue weighted by molar-refractivity contribution is 0.208. The van der Waals surface area contributed by atoms with Crippen LogP contribution in [0.3, 0.4) is 0 Å². The number of carbonyl (C=O) groups excluding carboxylic acids is 1. The van der Waals surface area contributed by atoms with Crippen LogP contribution in [0.25, 0.3) is 0 Å². The smallest absolute Gasteiger partial charge is 0.323 e. The minimum Gasteiger partial charge on any atom is -0.542 e. The number of pyridine rings is 1. The van der Waals surface area contributed by atoms with Crippen LogP contribution in [0.5, 0.6) is 5.75 Å². The van der Waals surface area contributed by atoms with Crippen molar-refractivity contribution < 1.29 is 9.22 Å². The first kappa shape index (κ1) is 23.7. The number of aromatic nitrogens is 1. The van der Waals surface area contributed by atoms with Crippen molar-refractivity contribution in [2.24, 2.45) is 0 Å². The third kappa shape index (κ3) is 5.84. The first-order valence-electron chi connectivity index (χ1n) is 10.4. The highest BCUT2D eigenvalue weighted by Crippen LogP contribution is 2.37. The zero-order valence-corrected chi connectivity index (χ0v) is 21.2. The average Bonchev–Trinajstić information content (AvgIpc) is 2.68. The van der Waals surface area contributed by atoms with Crippen LogP contribution in [0.4, 0.5) is 16.3 Å². The van der Waals surface area contributed by atoms with Gasteiger partial charge in [0.1, 0.15) is 11.6 Å². The maximum absolute atomic E-state index is 12.7. The van der Waals surface area contributed by atoms with E-state index >= 15 is 0 Å². The molecule has 1 aromatic carbocycles. The lowest BCUT2D eigenvalue weighted by Crippen LogP contribution is -2.50. The highest BCUT2D eigenvalue weighted by molar-refractivity contribution is 6.74. The summed E-state index contributed by atoms with van der Waals surface area (Å²) in [5, 5.41) is 4.22. The van der Waals surface area contributed by atoms with Crippen LogP contribution in [0.1, 0.15) is 20.8 Å². The van der Waals surface area contributed by atoms with Crippen LogP contribution in [-0.2, 0) is 0 Å². The van der Waals surface area contributed by atoms with E-state index in [-0.39, 0.29) is 11.1 Å². The number of amides is 2. The molecular weight excluding hydrogens is 451 g/mol. The lowest BCUT2D eigenvalue weighted by atomic mass is 10.2. The molecule has 6 nitrogen and oxygen atoms in total. The molecule has 0 atom stereocenters. The molecule has 0 radical (unpaired) electrons. The van der Waals surface area contributed by atoms with Crippen molar-refractivity contribution in [1.82, 2.24) is 9.88 Å². The van der Waals surface area contributed by atoms with Crippen LogP contribution < -0.4 is 14.6 Å². The van der Waals surface area contributed by atoms with Crippen LogP contribution in [0.15, 0.2) is 36.5 Å². The van der Waals surface area contributed by atoms with Gasteiger partial charge in [-0.25, -0.2) is 9.78 Å². The molecule has 2 heterocycles. The number of carbonyl (C=O) groups is 1. The number of hydrogen-bond acceptors (Lipinski definition) is 4. The minimum absolute atomic E-state index is 0.109. The first-order valence-corrected chi connectivity index (χ1v) is 14.0. The van der Waals surface area contributed by atoms with E-state index in [0.29, 0.717) is 42.0 Å². The Balaban J connectivity index is 1.54. The highest BCUT2D eigenvalue weighted by Gasteiger charge is 2.39. The van der Waals surface area contributed by atoms with E-state index < -0.39 is 8.32 Å². The molecule has 1 saturated heterocycles. The molecule has 1 fully saturated rings. The Morgan fingerprint density at radius 3 is 2.32 bits per heavy atom. The van der Waals surface area contributed by atoms with Gasteiger partial charge in [-0.2, -0.15) is 0 Å². The lowest BCUT2D eigenvalue weighted by Gasteiger charge is -2.36. The van der Waals surface area contributed by atoms with Gasteiger partial charge in [-0.05, 0) is 48.5 Å². The number of anilines is 2. The Bertz CT molecular complexity index is 924. The summed E-state index contributed by atoms with van der Waals surface area (Å²) < 4.78 is 6.24. The Hall–Kier alpha value is -1.96. The molecule has 168 valence electrons. The number of nitrogens with one attached hydrogen (secondary N) is 1. The molecule has 3 rings (SSSR count). The van der Waals surface area contributed by atoms with Crippen molar-refractivity contribution in [1.29, 1.82) is 0 Å². The van der Waals surface area contributed by atoms with Gasteiger partial charge in [-0.1, -0.05) is 44.0 Å². The molecule has 0 spiro atoms. The second-order valence-corrected chi connectivity index (χ2v) is 14.8. The third-order valence-corrected chi connectivity index (χ3v) is 10.9. The summed E-state index contributed by atoms with van der Waals surface area (Å²) in [5.74, 6) is 1.24. The second kappa shape index (κ2) is 9.26.